The molecule has 0 aromatic heterocycles. The SMILES string of the molecule is CN(C)CCCN[C@H](CN1CCCC1)c1ccccc1. The van der Waals surface area contributed by atoms with E-state index in [0.717, 1.165) is 19.6 Å². The molecule has 1 aromatic rings. The van der Waals surface area contributed by atoms with Gasteiger partial charge in [-0.15, -0.1) is 0 Å². The van der Waals surface area contributed by atoms with Gasteiger partial charge in [0.25, 0.3) is 0 Å². The van der Waals surface area contributed by atoms with Crippen molar-refractivity contribution in [3.05, 3.63) is 35.9 Å². The molecule has 3 heteroatoms. The highest BCUT2D eigenvalue weighted by molar-refractivity contribution is 5.19. The normalized spacial score (nSPS) is 17.8. The second-order valence-electron chi connectivity index (χ2n) is 6.08. The van der Waals surface area contributed by atoms with Crippen LogP contribution in [0.5, 0.6) is 0 Å². The molecule has 3 nitrogen and oxygen atoms in total. The highest BCUT2D eigenvalue weighted by atomic mass is 15.2. The molecule has 0 saturated carbocycles. The van der Waals surface area contributed by atoms with Crippen LogP contribution < -0.4 is 5.32 Å². The largest absolute Gasteiger partial charge is 0.309 e. The van der Waals surface area contributed by atoms with Gasteiger partial charge in [0.2, 0.25) is 0 Å². The molecule has 0 radical (unpaired) electrons. The third kappa shape index (κ3) is 5.23. The Bertz CT molecular complexity index is 358. The second-order valence-corrected chi connectivity index (χ2v) is 6.08. The van der Waals surface area contributed by atoms with Crippen LogP contribution in [0.25, 0.3) is 0 Å². The van der Waals surface area contributed by atoms with E-state index in [1.165, 1.54) is 37.9 Å². The summed E-state index contributed by atoms with van der Waals surface area (Å²) in [4.78, 5) is 4.84. The molecule has 0 aliphatic carbocycles. The zero-order valence-electron chi connectivity index (χ0n) is 13.0. The Balaban J connectivity index is 1.86. The molecule has 2 rings (SSSR count). The molecular formula is C17H29N3. The lowest BCUT2D eigenvalue weighted by Gasteiger charge is -2.25. The molecule has 1 aliphatic rings. The molecule has 1 aliphatic heterocycles. The molecule has 1 N–H and O–H groups in total. The van der Waals surface area contributed by atoms with Crippen LogP contribution >= 0.6 is 0 Å². The predicted molar refractivity (Wildman–Crippen MR) is 86.0 cm³/mol. The number of rotatable bonds is 8. The molecule has 0 bridgehead atoms. The molecule has 0 unspecified atom stereocenters. The molecule has 0 spiro atoms. The topological polar surface area (TPSA) is 18.5 Å². The molecule has 1 fully saturated rings. The molecule has 1 saturated heterocycles. The fourth-order valence-electron chi connectivity index (χ4n) is 2.87. The van der Waals surface area contributed by atoms with E-state index in [0.29, 0.717) is 6.04 Å². The van der Waals surface area contributed by atoms with Crippen LogP contribution in [0.4, 0.5) is 0 Å². The van der Waals surface area contributed by atoms with Crippen LogP contribution in [0.2, 0.25) is 0 Å². The highest BCUT2D eigenvalue weighted by Crippen LogP contribution is 2.17. The van der Waals surface area contributed by atoms with Crippen LogP contribution in [-0.2, 0) is 0 Å². The van der Waals surface area contributed by atoms with Gasteiger partial charge in [-0.2, -0.15) is 0 Å². The van der Waals surface area contributed by atoms with E-state index in [4.69, 9.17) is 0 Å². The maximum absolute atomic E-state index is 3.75. The van der Waals surface area contributed by atoms with Crippen LogP contribution in [-0.4, -0.2) is 56.6 Å². The summed E-state index contributed by atoms with van der Waals surface area (Å²) >= 11 is 0. The summed E-state index contributed by atoms with van der Waals surface area (Å²) in [5.41, 5.74) is 1.42. The first-order valence-corrected chi connectivity index (χ1v) is 7.91. The van der Waals surface area contributed by atoms with E-state index in [2.05, 4.69) is 59.5 Å². The van der Waals surface area contributed by atoms with Gasteiger partial charge >= 0.3 is 0 Å². The minimum absolute atomic E-state index is 0.469. The minimum atomic E-state index is 0.469. The summed E-state index contributed by atoms with van der Waals surface area (Å²) in [6.07, 6.45) is 3.93. The Kier molecular flexibility index (Phi) is 6.51. The van der Waals surface area contributed by atoms with Gasteiger partial charge in [0, 0.05) is 12.6 Å². The summed E-state index contributed by atoms with van der Waals surface area (Å²) in [6.45, 7) is 5.92. The summed E-state index contributed by atoms with van der Waals surface area (Å²) in [5, 5.41) is 3.75. The fourth-order valence-corrected chi connectivity index (χ4v) is 2.87. The highest BCUT2D eigenvalue weighted by Gasteiger charge is 2.18. The minimum Gasteiger partial charge on any atom is -0.309 e. The number of hydrogen-bond acceptors (Lipinski definition) is 3. The Morgan fingerprint density at radius 1 is 1.15 bits per heavy atom. The maximum Gasteiger partial charge on any atom is 0.0449 e. The van der Waals surface area contributed by atoms with E-state index in [9.17, 15) is 0 Å². The van der Waals surface area contributed by atoms with Crippen molar-refractivity contribution >= 4 is 0 Å². The Morgan fingerprint density at radius 2 is 1.85 bits per heavy atom. The first-order valence-electron chi connectivity index (χ1n) is 7.91. The number of benzene rings is 1. The van der Waals surface area contributed by atoms with Gasteiger partial charge in [-0.1, -0.05) is 30.3 Å². The van der Waals surface area contributed by atoms with E-state index >= 15 is 0 Å². The third-order valence-electron chi connectivity index (χ3n) is 4.01. The first kappa shape index (κ1) is 15.5. The third-order valence-corrected chi connectivity index (χ3v) is 4.01. The van der Waals surface area contributed by atoms with Crippen molar-refractivity contribution in [2.24, 2.45) is 0 Å². The van der Waals surface area contributed by atoms with Crippen molar-refractivity contribution in [2.75, 3.05) is 46.8 Å². The van der Waals surface area contributed by atoms with Gasteiger partial charge in [0.05, 0.1) is 0 Å². The number of nitrogens with zero attached hydrogens (tertiary/aromatic N) is 2. The Morgan fingerprint density at radius 3 is 2.50 bits per heavy atom. The molecule has 1 heterocycles. The van der Waals surface area contributed by atoms with Gasteiger partial charge in [-0.3, -0.25) is 0 Å². The maximum atomic E-state index is 3.75. The van der Waals surface area contributed by atoms with Gasteiger partial charge < -0.3 is 15.1 Å². The standard InChI is InChI=1S/C17H29N3/c1-19(2)12-8-11-18-17(15-20-13-6-7-14-20)16-9-4-3-5-10-16/h3-5,9-10,17-18H,6-8,11-15H2,1-2H3/t17-/m1/s1. The van der Waals surface area contributed by atoms with E-state index < -0.39 is 0 Å². The average Bonchev–Trinajstić information content (AvgIpc) is 2.96. The summed E-state index contributed by atoms with van der Waals surface area (Å²) in [7, 11) is 4.28. The Hall–Kier alpha value is -0.900. The molecule has 112 valence electrons. The van der Waals surface area contributed by atoms with Gasteiger partial charge in [0.1, 0.15) is 0 Å². The average molecular weight is 275 g/mol. The van der Waals surface area contributed by atoms with Crippen molar-refractivity contribution in [1.82, 2.24) is 15.1 Å². The number of nitrogens with one attached hydrogen (secondary N) is 1. The molecular weight excluding hydrogens is 246 g/mol. The molecule has 1 atom stereocenters. The van der Waals surface area contributed by atoms with Gasteiger partial charge in [-0.05, 0) is 65.1 Å². The summed E-state index contributed by atoms with van der Waals surface area (Å²) < 4.78 is 0. The summed E-state index contributed by atoms with van der Waals surface area (Å²) in [6, 6.07) is 11.4. The second kappa shape index (κ2) is 8.40. The number of likely N-dealkylation sites (tertiary alicyclic amines) is 1. The van der Waals surface area contributed by atoms with Gasteiger partial charge in [0.15, 0.2) is 0 Å². The van der Waals surface area contributed by atoms with Gasteiger partial charge in [-0.25, -0.2) is 0 Å². The van der Waals surface area contributed by atoms with Crippen LogP contribution in [0.3, 0.4) is 0 Å². The lowest BCUT2D eigenvalue weighted by molar-refractivity contribution is 0.288. The smallest absolute Gasteiger partial charge is 0.0449 e. The lowest BCUT2D eigenvalue weighted by Crippen LogP contribution is -2.34. The quantitative estimate of drug-likeness (QED) is 0.735. The monoisotopic (exact) mass is 275 g/mol. The van der Waals surface area contributed by atoms with Crippen LogP contribution in [0.15, 0.2) is 30.3 Å². The van der Waals surface area contributed by atoms with Crippen molar-refractivity contribution in [2.45, 2.75) is 25.3 Å². The van der Waals surface area contributed by atoms with Crippen LogP contribution in [0, 0.1) is 0 Å². The first-order chi connectivity index (χ1) is 9.75. The Labute approximate surface area is 124 Å². The number of hydrogen-bond donors (Lipinski definition) is 1. The predicted octanol–water partition coefficient (Wildman–Crippen LogP) is 2.36. The van der Waals surface area contributed by atoms with Crippen molar-refractivity contribution < 1.29 is 0 Å². The zero-order chi connectivity index (χ0) is 14.2. The molecule has 0 amide bonds. The van der Waals surface area contributed by atoms with E-state index in [-0.39, 0.29) is 0 Å². The fraction of sp³-hybridized carbons (Fsp3) is 0.647. The van der Waals surface area contributed by atoms with Crippen molar-refractivity contribution in [3.63, 3.8) is 0 Å². The van der Waals surface area contributed by atoms with E-state index in [1.54, 1.807) is 0 Å². The zero-order valence-corrected chi connectivity index (χ0v) is 13.0. The lowest BCUT2D eigenvalue weighted by atomic mass is 10.1. The van der Waals surface area contributed by atoms with E-state index in [1.807, 2.05) is 0 Å². The van der Waals surface area contributed by atoms with Crippen molar-refractivity contribution in [3.8, 4) is 0 Å². The molecule has 20 heavy (non-hydrogen) atoms. The summed E-state index contributed by atoms with van der Waals surface area (Å²) in [5.74, 6) is 0. The molecule has 1 aromatic carbocycles. The van der Waals surface area contributed by atoms with Crippen LogP contribution in [0.1, 0.15) is 30.9 Å². The van der Waals surface area contributed by atoms with Crippen molar-refractivity contribution in [1.29, 1.82) is 0 Å².